The Kier molecular flexibility index (Phi) is 5.24. The molecule has 1 aromatic carbocycles. The van der Waals surface area contributed by atoms with Crippen molar-refractivity contribution < 1.29 is 9.47 Å². The molecule has 1 saturated heterocycles. The lowest BCUT2D eigenvalue weighted by molar-refractivity contribution is 0.110. The summed E-state index contributed by atoms with van der Waals surface area (Å²) in [7, 11) is 0. The summed E-state index contributed by atoms with van der Waals surface area (Å²) in [4.78, 5) is 0. The molecule has 3 heteroatoms. The van der Waals surface area contributed by atoms with Crippen LogP contribution in [0.3, 0.4) is 0 Å². The topological polar surface area (TPSA) is 30.5 Å². The van der Waals surface area contributed by atoms with Crippen LogP contribution in [0.15, 0.2) is 36.9 Å². The quantitative estimate of drug-likeness (QED) is 0.751. The van der Waals surface area contributed by atoms with Crippen LogP contribution in [0.2, 0.25) is 0 Å². The van der Waals surface area contributed by atoms with Crippen LogP contribution in [0, 0.1) is 0 Å². The summed E-state index contributed by atoms with van der Waals surface area (Å²) in [6.45, 7) is 6.91. The van der Waals surface area contributed by atoms with Crippen LogP contribution in [0.25, 0.3) is 0 Å². The largest absolute Gasteiger partial charge is 0.490 e. The Labute approximate surface area is 109 Å². The summed E-state index contributed by atoms with van der Waals surface area (Å²) in [6.07, 6.45) is 4.53. The minimum Gasteiger partial charge on any atom is -0.490 e. The van der Waals surface area contributed by atoms with Gasteiger partial charge in [0.05, 0.1) is 6.10 Å². The van der Waals surface area contributed by atoms with Crippen LogP contribution in [-0.2, 0) is 11.3 Å². The summed E-state index contributed by atoms with van der Waals surface area (Å²) < 4.78 is 11.0. The van der Waals surface area contributed by atoms with Crippen molar-refractivity contribution in [2.45, 2.75) is 25.5 Å². The van der Waals surface area contributed by atoms with Crippen molar-refractivity contribution in [3.05, 3.63) is 42.5 Å². The van der Waals surface area contributed by atoms with Crippen molar-refractivity contribution in [1.82, 2.24) is 5.32 Å². The van der Waals surface area contributed by atoms with Crippen molar-refractivity contribution >= 4 is 0 Å². The molecule has 1 heterocycles. The normalized spacial score (nSPS) is 18.8. The molecule has 2 rings (SSSR count). The second-order valence-corrected chi connectivity index (χ2v) is 4.51. The summed E-state index contributed by atoms with van der Waals surface area (Å²) in [6, 6.07) is 8.15. The molecule has 0 aromatic heterocycles. The molecule has 3 nitrogen and oxygen atoms in total. The third-order valence-electron chi connectivity index (χ3n) is 3.02. The monoisotopic (exact) mass is 247 g/mol. The van der Waals surface area contributed by atoms with E-state index in [0.717, 1.165) is 25.4 Å². The van der Waals surface area contributed by atoms with Crippen molar-refractivity contribution in [3.8, 4) is 5.75 Å². The molecule has 0 spiro atoms. The highest BCUT2D eigenvalue weighted by Gasteiger charge is 2.14. The van der Waals surface area contributed by atoms with E-state index in [2.05, 4.69) is 24.0 Å². The lowest BCUT2D eigenvalue weighted by Gasteiger charge is -2.11. The molecule has 0 saturated carbocycles. The zero-order chi connectivity index (χ0) is 12.6. The molecule has 1 atom stereocenters. The van der Waals surface area contributed by atoms with Gasteiger partial charge in [0.25, 0.3) is 0 Å². The minimum atomic E-state index is 0.403. The molecule has 1 fully saturated rings. The van der Waals surface area contributed by atoms with Crippen LogP contribution in [0.1, 0.15) is 18.4 Å². The maximum Gasteiger partial charge on any atom is 0.119 e. The fourth-order valence-electron chi connectivity index (χ4n) is 2.04. The van der Waals surface area contributed by atoms with Crippen LogP contribution >= 0.6 is 0 Å². The summed E-state index contributed by atoms with van der Waals surface area (Å²) in [5.41, 5.74) is 1.26. The summed E-state index contributed by atoms with van der Waals surface area (Å²) >= 11 is 0. The second kappa shape index (κ2) is 7.19. The van der Waals surface area contributed by atoms with Gasteiger partial charge in [0, 0.05) is 19.7 Å². The molecule has 1 aliphatic heterocycles. The van der Waals surface area contributed by atoms with Gasteiger partial charge in [-0.15, -0.1) is 0 Å². The number of hydrogen-bond acceptors (Lipinski definition) is 3. The Hall–Kier alpha value is -1.32. The highest BCUT2D eigenvalue weighted by atomic mass is 16.5. The van der Waals surface area contributed by atoms with Crippen LogP contribution < -0.4 is 10.1 Å². The lowest BCUT2D eigenvalue weighted by atomic mass is 10.2. The highest BCUT2D eigenvalue weighted by molar-refractivity contribution is 5.27. The van der Waals surface area contributed by atoms with E-state index in [4.69, 9.17) is 9.47 Å². The number of ether oxygens (including phenoxy) is 2. The molecule has 0 unspecified atom stereocenters. The van der Waals surface area contributed by atoms with E-state index in [1.54, 1.807) is 6.08 Å². The molecule has 1 aromatic rings. The van der Waals surface area contributed by atoms with Gasteiger partial charge in [0.1, 0.15) is 12.4 Å². The molecule has 18 heavy (non-hydrogen) atoms. The smallest absolute Gasteiger partial charge is 0.119 e. The Balaban J connectivity index is 1.70. The van der Waals surface area contributed by atoms with Crippen molar-refractivity contribution in [2.75, 3.05) is 19.8 Å². The van der Waals surface area contributed by atoms with Gasteiger partial charge >= 0.3 is 0 Å². The molecule has 1 N–H and O–H groups in total. The first-order chi connectivity index (χ1) is 8.88. The molecule has 0 bridgehead atoms. The van der Waals surface area contributed by atoms with Crippen LogP contribution in [0.4, 0.5) is 0 Å². The van der Waals surface area contributed by atoms with Crippen LogP contribution in [-0.4, -0.2) is 25.9 Å². The Morgan fingerprint density at radius 2 is 2.22 bits per heavy atom. The third-order valence-corrected chi connectivity index (χ3v) is 3.02. The van der Waals surface area contributed by atoms with Gasteiger partial charge in [-0.25, -0.2) is 0 Å². The fourth-order valence-corrected chi connectivity index (χ4v) is 2.04. The van der Waals surface area contributed by atoms with E-state index < -0.39 is 0 Å². The van der Waals surface area contributed by atoms with Crippen molar-refractivity contribution in [1.29, 1.82) is 0 Å². The SMILES string of the molecule is C=CCOc1ccc(CNC[C@@H]2CCCO2)cc1. The van der Waals surface area contributed by atoms with Gasteiger partial charge in [-0.05, 0) is 30.5 Å². The van der Waals surface area contributed by atoms with Crippen molar-refractivity contribution in [2.24, 2.45) is 0 Å². The number of hydrogen-bond donors (Lipinski definition) is 1. The molecule has 0 radical (unpaired) electrons. The Bertz CT molecular complexity index is 355. The maximum absolute atomic E-state index is 5.56. The van der Waals surface area contributed by atoms with E-state index in [1.807, 2.05) is 12.1 Å². The molecular formula is C15H21NO2. The predicted molar refractivity (Wildman–Crippen MR) is 72.8 cm³/mol. The lowest BCUT2D eigenvalue weighted by Crippen LogP contribution is -2.25. The van der Waals surface area contributed by atoms with Gasteiger partial charge in [0.15, 0.2) is 0 Å². The second-order valence-electron chi connectivity index (χ2n) is 4.51. The average Bonchev–Trinajstić information content (AvgIpc) is 2.91. The standard InChI is InChI=1S/C15H21NO2/c1-2-9-17-14-7-5-13(6-8-14)11-16-12-15-4-3-10-18-15/h2,5-8,15-16H,1,3-4,9-12H2/t15-/m0/s1. The van der Waals surface area contributed by atoms with Crippen LogP contribution in [0.5, 0.6) is 5.75 Å². The Morgan fingerprint density at radius 3 is 2.89 bits per heavy atom. The summed E-state index contributed by atoms with van der Waals surface area (Å²) in [5, 5.41) is 3.42. The van der Waals surface area contributed by atoms with E-state index >= 15 is 0 Å². The zero-order valence-electron chi connectivity index (χ0n) is 10.7. The van der Waals surface area contributed by atoms with E-state index in [0.29, 0.717) is 12.7 Å². The fraction of sp³-hybridized carbons (Fsp3) is 0.467. The number of benzene rings is 1. The first-order valence-corrected chi connectivity index (χ1v) is 6.53. The third kappa shape index (κ3) is 4.17. The van der Waals surface area contributed by atoms with Gasteiger partial charge in [-0.3, -0.25) is 0 Å². The zero-order valence-corrected chi connectivity index (χ0v) is 10.7. The first-order valence-electron chi connectivity index (χ1n) is 6.53. The number of nitrogens with one attached hydrogen (secondary N) is 1. The average molecular weight is 247 g/mol. The van der Waals surface area contributed by atoms with Crippen molar-refractivity contribution in [3.63, 3.8) is 0 Å². The first kappa shape index (κ1) is 13.1. The molecule has 1 aliphatic rings. The predicted octanol–water partition coefficient (Wildman–Crippen LogP) is 2.52. The molecular weight excluding hydrogens is 226 g/mol. The van der Waals surface area contributed by atoms with Gasteiger partial charge in [-0.2, -0.15) is 0 Å². The highest BCUT2D eigenvalue weighted by Crippen LogP contribution is 2.13. The molecule has 0 amide bonds. The van der Waals surface area contributed by atoms with Gasteiger partial charge in [0.2, 0.25) is 0 Å². The molecule has 98 valence electrons. The Morgan fingerprint density at radius 1 is 1.39 bits per heavy atom. The van der Waals surface area contributed by atoms with Gasteiger partial charge < -0.3 is 14.8 Å². The number of rotatable bonds is 7. The molecule has 0 aliphatic carbocycles. The van der Waals surface area contributed by atoms with E-state index in [9.17, 15) is 0 Å². The van der Waals surface area contributed by atoms with E-state index in [1.165, 1.54) is 18.4 Å². The minimum absolute atomic E-state index is 0.403. The summed E-state index contributed by atoms with van der Waals surface area (Å²) in [5.74, 6) is 0.887. The van der Waals surface area contributed by atoms with Gasteiger partial charge in [-0.1, -0.05) is 24.8 Å². The maximum atomic E-state index is 5.56. The van der Waals surface area contributed by atoms with E-state index in [-0.39, 0.29) is 0 Å².